The van der Waals surface area contributed by atoms with E-state index in [-0.39, 0.29) is 0 Å². The second-order valence-corrected chi connectivity index (χ2v) is 4.15. The van der Waals surface area contributed by atoms with Gasteiger partial charge in [0.15, 0.2) is 0 Å². The Kier molecular flexibility index (Phi) is 3.59. The van der Waals surface area contributed by atoms with Crippen LogP contribution in [0.15, 0.2) is 30.5 Å². The summed E-state index contributed by atoms with van der Waals surface area (Å²) in [5.74, 6) is 1.26. The molecule has 0 aliphatic carbocycles. The molecule has 0 radical (unpaired) electrons. The Hall–Kier alpha value is -1.61. The van der Waals surface area contributed by atoms with Crippen LogP contribution in [0.1, 0.15) is 17.0 Å². The second-order valence-electron chi connectivity index (χ2n) is 3.89. The van der Waals surface area contributed by atoms with Crippen LogP contribution < -0.4 is 5.32 Å². The van der Waals surface area contributed by atoms with Crippen LogP contribution in [0.4, 0.5) is 11.5 Å². The SMILES string of the molecule is Cc1ncc(Nc2cccc(CCl)c2)nc1C. The van der Waals surface area contributed by atoms with Crippen molar-refractivity contribution in [3.8, 4) is 0 Å². The summed E-state index contributed by atoms with van der Waals surface area (Å²) in [6.45, 7) is 3.89. The summed E-state index contributed by atoms with van der Waals surface area (Å²) < 4.78 is 0. The maximum Gasteiger partial charge on any atom is 0.149 e. The number of nitrogens with one attached hydrogen (secondary N) is 1. The number of alkyl halides is 1. The minimum Gasteiger partial charge on any atom is -0.339 e. The highest BCUT2D eigenvalue weighted by molar-refractivity contribution is 6.17. The van der Waals surface area contributed by atoms with E-state index in [0.717, 1.165) is 28.5 Å². The molecule has 1 N–H and O–H groups in total. The van der Waals surface area contributed by atoms with Crippen molar-refractivity contribution in [2.45, 2.75) is 19.7 Å². The predicted octanol–water partition coefficient (Wildman–Crippen LogP) is 3.58. The van der Waals surface area contributed by atoms with Gasteiger partial charge in [-0.05, 0) is 31.5 Å². The van der Waals surface area contributed by atoms with E-state index >= 15 is 0 Å². The Morgan fingerprint density at radius 2 is 2.06 bits per heavy atom. The van der Waals surface area contributed by atoms with E-state index < -0.39 is 0 Å². The Morgan fingerprint density at radius 1 is 1.24 bits per heavy atom. The molecule has 2 rings (SSSR count). The molecule has 1 aromatic carbocycles. The minimum absolute atomic E-state index is 0.508. The molecule has 0 bridgehead atoms. The second kappa shape index (κ2) is 5.15. The van der Waals surface area contributed by atoms with Gasteiger partial charge in [-0.1, -0.05) is 12.1 Å². The summed E-state index contributed by atoms with van der Waals surface area (Å²) in [6.07, 6.45) is 1.73. The molecule has 0 saturated carbocycles. The molecule has 3 nitrogen and oxygen atoms in total. The highest BCUT2D eigenvalue weighted by atomic mass is 35.5. The lowest BCUT2D eigenvalue weighted by Gasteiger charge is -2.07. The third kappa shape index (κ3) is 2.94. The zero-order valence-corrected chi connectivity index (χ0v) is 10.6. The molecule has 17 heavy (non-hydrogen) atoms. The van der Waals surface area contributed by atoms with Gasteiger partial charge in [-0.2, -0.15) is 0 Å². The highest BCUT2D eigenvalue weighted by Gasteiger charge is 2.00. The first-order chi connectivity index (χ1) is 8.19. The molecule has 0 aliphatic rings. The maximum absolute atomic E-state index is 5.79. The highest BCUT2D eigenvalue weighted by Crippen LogP contribution is 2.17. The summed E-state index contributed by atoms with van der Waals surface area (Å²) in [5, 5.41) is 3.21. The fourth-order valence-corrected chi connectivity index (χ4v) is 1.65. The lowest BCUT2D eigenvalue weighted by molar-refractivity contribution is 1.05. The molecule has 88 valence electrons. The Balaban J connectivity index is 2.22. The minimum atomic E-state index is 0.508. The fourth-order valence-electron chi connectivity index (χ4n) is 1.48. The standard InChI is InChI=1S/C13H14ClN3/c1-9-10(2)16-13(8-15-9)17-12-5-3-4-11(6-12)7-14/h3-6,8H,7H2,1-2H3,(H,16,17). The lowest BCUT2D eigenvalue weighted by atomic mass is 10.2. The molecule has 0 atom stereocenters. The smallest absolute Gasteiger partial charge is 0.149 e. The van der Waals surface area contributed by atoms with E-state index in [2.05, 4.69) is 15.3 Å². The molecular weight excluding hydrogens is 234 g/mol. The summed E-state index contributed by atoms with van der Waals surface area (Å²) in [5.41, 5.74) is 3.93. The third-order valence-corrected chi connectivity index (χ3v) is 2.85. The van der Waals surface area contributed by atoms with Crippen molar-refractivity contribution in [1.82, 2.24) is 9.97 Å². The average Bonchev–Trinajstić information content (AvgIpc) is 2.34. The van der Waals surface area contributed by atoms with Gasteiger partial charge in [0.1, 0.15) is 5.82 Å². The summed E-state index contributed by atoms with van der Waals surface area (Å²) in [7, 11) is 0. The summed E-state index contributed by atoms with van der Waals surface area (Å²) in [6, 6.07) is 7.94. The van der Waals surface area contributed by atoms with E-state index in [0.29, 0.717) is 5.88 Å². The quantitative estimate of drug-likeness (QED) is 0.843. The van der Waals surface area contributed by atoms with Crippen LogP contribution in [0.5, 0.6) is 0 Å². The fraction of sp³-hybridized carbons (Fsp3) is 0.231. The van der Waals surface area contributed by atoms with Gasteiger partial charge < -0.3 is 5.32 Å². The van der Waals surface area contributed by atoms with Gasteiger partial charge in [-0.15, -0.1) is 11.6 Å². The number of hydrogen-bond donors (Lipinski definition) is 1. The molecule has 0 saturated heterocycles. The van der Waals surface area contributed by atoms with Gasteiger partial charge in [0.05, 0.1) is 17.6 Å². The molecule has 0 unspecified atom stereocenters. The zero-order chi connectivity index (χ0) is 12.3. The molecular formula is C13H14ClN3. The normalized spacial score (nSPS) is 10.3. The van der Waals surface area contributed by atoms with Gasteiger partial charge in [0, 0.05) is 11.6 Å². The maximum atomic E-state index is 5.79. The van der Waals surface area contributed by atoms with Gasteiger partial charge in [0.25, 0.3) is 0 Å². The number of rotatable bonds is 3. The molecule has 1 aromatic heterocycles. The average molecular weight is 248 g/mol. The van der Waals surface area contributed by atoms with E-state index in [9.17, 15) is 0 Å². The zero-order valence-electron chi connectivity index (χ0n) is 9.87. The number of nitrogens with zero attached hydrogens (tertiary/aromatic N) is 2. The summed E-state index contributed by atoms with van der Waals surface area (Å²) >= 11 is 5.79. The van der Waals surface area contributed by atoms with Crippen LogP contribution in [-0.2, 0) is 5.88 Å². The number of anilines is 2. The van der Waals surface area contributed by atoms with Crippen molar-refractivity contribution in [1.29, 1.82) is 0 Å². The van der Waals surface area contributed by atoms with Gasteiger partial charge >= 0.3 is 0 Å². The van der Waals surface area contributed by atoms with E-state index in [1.54, 1.807) is 6.20 Å². The Labute approximate surface area is 106 Å². The van der Waals surface area contributed by atoms with Crippen molar-refractivity contribution in [2.75, 3.05) is 5.32 Å². The topological polar surface area (TPSA) is 37.8 Å². The van der Waals surface area contributed by atoms with Crippen molar-refractivity contribution in [2.24, 2.45) is 0 Å². The Bertz CT molecular complexity index is 526. The van der Waals surface area contributed by atoms with E-state index in [1.165, 1.54) is 0 Å². The third-order valence-electron chi connectivity index (χ3n) is 2.55. The molecule has 2 aromatic rings. The molecule has 0 amide bonds. The largest absolute Gasteiger partial charge is 0.339 e. The van der Waals surface area contributed by atoms with E-state index in [4.69, 9.17) is 11.6 Å². The number of aromatic nitrogens is 2. The van der Waals surface area contributed by atoms with Gasteiger partial charge in [-0.3, -0.25) is 4.98 Å². The first kappa shape index (κ1) is 11.9. The molecule has 0 aliphatic heterocycles. The predicted molar refractivity (Wildman–Crippen MR) is 70.8 cm³/mol. The monoisotopic (exact) mass is 247 g/mol. The van der Waals surface area contributed by atoms with Crippen LogP contribution in [-0.4, -0.2) is 9.97 Å². The number of hydrogen-bond acceptors (Lipinski definition) is 3. The van der Waals surface area contributed by atoms with Crippen LogP contribution in [0, 0.1) is 13.8 Å². The lowest BCUT2D eigenvalue weighted by Crippen LogP contribution is -1.98. The van der Waals surface area contributed by atoms with Crippen molar-refractivity contribution < 1.29 is 0 Å². The van der Waals surface area contributed by atoms with Crippen LogP contribution in [0.25, 0.3) is 0 Å². The Morgan fingerprint density at radius 3 is 2.76 bits per heavy atom. The molecule has 0 spiro atoms. The number of benzene rings is 1. The van der Waals surface area contributed by atoms with Gasteiger partial charge in [0.2, 0.25) is 0 Å². The van der Waals surface area contributed by atoms with Crippen molar-refractivity contribution >= 4 is 23.1 Å². The summed E-state index contributed by atoms with van der Waals surface area (Å²) in [4.78, 5) is 8.68. The van der Waals surface area contributed by atoms with Gasteiger partial charge in [-0.25, -0.2) is 4.98 Å². The molecule has 4 heteroatoms. The number of halogens is 1. The van der Waals surface area contributed by atoms with Crippen molar-refractivity contribution in [3.05, 3.63) is 47.4 Å². The number of aryl methyl sites for hydroxylation is 2. The molecule has 1 heterocycles. The van der Waals surface area contributed by atoms with Crippen LogP contribution in [0.3, 0.4) is 0 Å². The first-order valence-electron chi connectivity index (χ1n) is 5.41. The first-order valence-corrected chi connectivity index (χ1v) is 5.94. The van der Waals surface area contributed by atoms with Crippen LogP contribution >= 0.6 is 11.6 Å². The molecule has 0 fully saturated rings. The van der Waals surface area contributed by atoms with E-state index in [1.807, 2.05) is 38.1 Å². The van der Waals surface area contributed by atoms with Crippen LogP contribution in [0.2, 0.25) is 0 Å². The van der Waals surface area contributed by atoms with Crippen molar-refractivity contribution in [3.63, 3.8) is 0 Å².